The molecule has 2 aromatic carbocycles. The number of ether oxygens (including phenoxy) is 1. The molecule has 0 amide bonds. The second-order valence-electron chi connectivity index (χ2n) is 8.64. The fourth-order valence-electron chi connectivity index (χ4n) is 4.59. The second kappa shape index (κ2) is 9.17. The van der Waals surface area contributed by atoms with E-state index in [4.69, 9.17) is 4.74 Å². The predicted octanol–water partition coefficient (Wildman–Crippen LogP) is 4.78. The van der Waals surface area contributed by atoms with Crippen LogP contribution in [0.15, 0.2) is 42.5 Å². The van der Waals surface area contributed by atoms with E-state index in [-0.39, 0.29) is 12.6 Å². The van der Waals surface area contributed by atoms with E-state index in [1.807, 2.05) is 43.3 Å². The van der Waals surface area contributed by atoms with Crippen LogP contribution in [0.1, 0.15) is 28.3 Å². The van der Waals surface area contributed by atoms with Gasteiger partial charge in [-0.05, 0) is 42.2 Å². The number of rotatable bonds is 7. The third kappa shape index (κ3) is 5.39. The highest BCUT2D eigenvalue weighted by Gasteiger charge is 2.37. The van der Waals surface area contributed by atoms with Gasteiger partial charge in [-0.2, -0.15) is 13.2 Å². The van der Waals surface area contributed by atoms with Crippen LogP contribution in [0, 0.1) is 12.8 Å². The number of hydrogen-bond donors (Lipinski definition) is 0. The quantitative estimate of drug-likeness (QED) is 0.581. The summed E-state index contributed by atoms with van der Waals surface area (Å²) in [5.74, 6) is 0.842. The molecule has 4 rings (SSSR count). The topological polar surface area (TPSA) is 15.7 Å². The van der Waals surface area contributed by atoms with E-state index >= 15 is 0 Å². The molecule has 0 bridgehead atoms. The maximum Gasteiger partial charge on any atom is 0.401 e. The van der Waals surface area contributed by atoms with Crippen molar-refractivity contribution in [3.63, 3.8) is 0 Å². The number of nitrogens with zero attached hydrogens (tertiary/aromatic N) is 2. The van der Waals surface area contributed by atoms with E-state index in [1.54, 1.807) is 0 Å². The first-order chi connectivity index (χ1) is 14.8. The third-order valence-electron chi connectivity index (χ3n) is 6.13. The van der Waals surface area contributed by atoms with E-state index in [2.05, 4.69) is 11.0 Å². The lowest BCUT2D eigenvalue weighted by atomic mass is 9.87. The molecule has 0 unspecified atom stereocenters. The number of benzene rings is 2. The van der Waals surface area contributed by atoms with Crippen molar-refractivity contribution in [1.29, 1.82) is 0 Å². The summed E-state index contributed by atoms with van der Waals surface area (Å²) in [5.41, 5.74) is 4.00. The molecule has 1 fully saturated rings. The third-order valence-corrected chi connectivity index (χ3v) is 6.13. The summed E-state index contributed by atoms with van der Waals surface area (Å²) in [6.07, 6.45) is -3.63. The molecule has 0 aromatic heterocycles. The molecule has 0 aliphatic carbocycles. The van der Waals surface area contributed by atoms with Crippen molar-refractivity contribution in [3.05, 3.63) is 64.7 Å². The molecule has 2 aliphatic heterocycles. The van der Waals surface area contributed by atoms with Gasteiger partial charge in [-0.25, -0.2) is 0 Å². The van der Waals surface area contributed by atoms with E-state index < -0.39 is 18.8 Å². The summed E-state index contributed by atoms with van der Waals surface area (Å²) in [6.45, 7) is 3.96. The van der Waals surface area contributed by atoms with Gasteiger partial charge < -0.3 is 4.74 Å². The fraction of sp³-hybridized carbons (Fsp3) is 0.500. The van der Waals surface area contributed by atoms with Gasteiger partial charge in [0.2, 0.25) is 0 Å². The van der Waals surface area contributed by atoms with Crippen LogP contribution in [-0.2, 0) is 6.42 Å². The van der Waals surface area contributed by atoms with E-state index in [9.17, 15) is 17.6 Å². The largest absolute Gasteiger partial charge is 0.492 e. The summed E-state index contributed by atoms with van der Waals surface area (Å²) in [7, 11) is 0. The minimum atomic E-state index is -4.25. The molecule has 7 heteroatoms. The molecular weight excluding hydrogens is 408 g/mol. The zero-order valence-corrected chi connectivity index (χ0v) is 17.7. The Bertz CT molecular complexity index is 878. The van der Waals surface area contributed by atoms with Crippen LogP contribution in [0.2, 0.25) is 0 Å². The zero-order chi connectivity index (χ0) is 22.0. The van der Waals surface area contributed by atoms with Gasteiger partial charge >= 0.3 is 6.18 Å². The Morgan fingerprint density at radius 2 is 1.81 bits per heavy atom. The molecule has 0 N–H and O–H groups in total. The van der Waals surface area contributed by atoms with Crippen molar-refractivity contribution < 1.29 is 22.3 Å². The van der Waals surface area contributed by atoms with Gasteiger partial charge in [0, 0.05) is 32.1 Å². The van der Waals surface area contributed by atoms with Crippen LogP contribution in [0.25, 0.3) is 0 Å². The number of fused-ring (bicyclic) bond motifs is 1. The molecule has 2 aromatic rings. The van der Waals surface area contributed by atoms with Crippen molar-refractivity contribution in [2.75, 3.05) is 46.0 Å². The SMILES string of the molecule is Cc1ccc2c(c1)CCN(CC(F)(F)F)[C@H]2c1ccc(OCCN2CC(CF)C2)cc1. The Labute approximate surface area is 180 Å². The standard InChI is InChI=1S/C24H28F4N2O/c1-17-2-7-22-20(12-17)8-9-30(16-24(26,27)28)23(22)19-3-5-21(6-4-19)31-11-10-29-14-18(13-25)15-29/h2-7,12,18,23H,8-11,13-16H2,1H3/t23-/m0/s1. The molecule has 2 heterocycles. The number of halogens is 4. The summed E-state index contributed by atoms with van der Waals surface area (Å²) in [5, 5.41) is 0. The molecule has 1 atom stereocenters. The minimum absolute atomic E-state index is 0.154. The number of aryl methyl sites for hydroxylation is 1. The molecule has 3 nitrogen and oxygen atoms in total. The van der Waals surface area contributed by atoms with Crippen molar-refractivity contribution in [1.82, 2.24) is 9.80 Å². The molecule has 0 spiro atoms. The normalized spacial score (nSPS) is 20.4. The average molecular weight is 436 g/mol. The summed E-state index contributed by atoms with van der Waals surface area (Å²) in [4.78, 5) is 3.66. The van der Waals surface area contributed by atoms with Crippen LogP contribution >= 0.6 is 0 Å². The first-order valence-corrected chi connectivity index (χ1v) is 10.7. The van der Waals surface area contributed by atoms with E-state index in [1.165, 1.54) is 4.90 Å². The lowest BCUT2D eigenvalue weighted by Gasteiger charge is -2.38. The molecule has 168 valence electrons. The van der Waals surface area contributed by atoms with Crippen molar-refractivity contribution in [3.8, 4) is 5.75 Å². The monoisotopic (exact) mass is 436 g/mol. The van der Waals surface area contributed by atoms with Crippen LogP contribution in [0.5, 0.6) is 5.75 Å². The van der Waals surface area contributed by atoms with Crippen LogP contribution in [0.3, 0.4) is 0 Å². The first-order valence-electron chi connectivity index (χ1n) is 10.7. The van der Waals surface area contributed by atoms with Crippen molar-refractivity contribution >= 4 is 0 Å². The van der Waals surface area contributed by atoms with Gasteiger partial charge in [-0.15, -0.1) is 0 Å². The van der Waals surface area contributed by atoms with E-state index in [0.717, 1.165) is 41.9 Å². The van der Waals surface area contributed by atoms with Crippen LogP contribution in [-0.4, -0.2) is 62.0 Å². The summed E-state index contributed by atoms with van der Waals surface area (Å²) >= 11 is 0. The predicted molar refractivity (Wildman–Crippen MR) is 112 cm³/mol. The van der Waals surface area contributed by atoms with Crippen molar-refractivity contribution in [2.24, 2.45) is 5.92 Å². The van der Waals surface area contributed by atoms with Gasteiger partial charge in [0.25, 0.3) is 0 Å². The van der Waals surface area contributed by atoms with Gasteiger partial charge in [0.1, 0.15) is 12.4 Å². The molecule has 0 radical (unpaired) electrons. The van der Waals surface area contributed by atoms with Crippen molar-refractivity contribution in [2.45, 2.75) is 25.6 Å². The average Bonchev–Trinajstić information content (AvgIpc) is 2.69. The van der Waals surface area contributed by atoms with Crippen LogP contribution in [0.4, 0.5) is 17.6 Å². The molecule has 0 saturated carbocycles. The minimum Gasteiger partial charge on any atom is -0.492 e. The second-order valence-corrected chi connectivity index (χ2v) is 8.64. The smallest absolute Gasteiger partial charge is 0.401 e. The molecule has 31 heavy (non-hydrogen) atoms. The van der Waals surface area contributed by atoms with Gasteiger partial charge in [-0.3, -0.25) is 14.2 Å². The number of hydrogen-bond acceptors (Lipinski definition) is 3. The fourth-order valence-corrected chi connectivity index (χ4v) is 4.59. The van der Waals surface area contributed by atoms with E-state index in [0.29, 0.717) is 25.3 Å². The maximum absolute atomic E-state index is 13.2. The summed E-state index contributed by atoms with van der Waals surface area (Å²) in [6, 6.07) is 12.9. The lowest BCUT2D eigenvalue weighted by Crippen LogP contribution is -2.49. The lowest BCUT2D eigenvalue weighted by molar-refractivity contribution is -0.150. The highest BCUT2D eigenvalue weighted by atomic mass is 19.4. The first kappa shape index (κ1) is 22.1. The van der Waals surface area contributed by atoms with Gasteiger partial charge in [0.15, 0.2) is 0 Å². The van der Waals surface area contributed by atoms with Gasteiger partial charge in [-0.1, -0.05) is 35.9 Å². The molecule has 1 saturated heterocycles. The highest BCUT2D eigenvalue weighted by Crippen LogP contribution is 2.37. The molecule has 2 aliphatic rings. The van der Waals surface area contributed by atoms with Crippen LogP contribution < -0.4 is 4.74 Å². The zero-order valence-electron chi connectivity index (χ0n) is 17.7. The Hall–Kier alpha value is -2.12. The Morgan fingerprint density at radius 3 is 2.48 bits per heavy atom. The maximum atomic E-state index is 13.2. The highest BCUT2D eigenvalue weighted by molar-refractivity contribution is 5.43. The molecular formula is C24H28F4N2O. The number of likely N-dealkylation sites (tertiary alicyclic amines) is 1. The number of alkyl halides is 4. The summed E-state index contributed by atoms with van der Waals surface area (Å²) < 4.78 is 58.0. The Balaban J connectivity index is 1.46. The van der Waals surface area contributed by atoms with Gasteiger partial charge in [0.05, 0.1) is 19.3 Å². The Kier molecular flexibility index (Phi) is 6.53. The Morgan fingerprint density at radius 1 is 1.06 bits per heavy atom.